The molecule has 0 saturated heterocycles. The average molecular weight is 368 g/mol. The van der Waals surface area contributed by atoms with Gasteiger partial charge in [-0.25, -0.2) is 8.42 Å². The Balaban J connectivity index is 1.59. The molecule has 3 rings (SSSR count). The molecule has 0 heterocycles. The van der Waals surface area contributed by atoms with E-state index in [1.165, 1.54) is 0 Å². The Morgan fingerprint density at radius 3 is 2.23 bits per heavy atom. The number of carbonyl (C=O) groups is 1. The fraction of sp³-hybridized carbons (Fsp3) is 0.150. The van der Waals surface area contributed by atoms with E-state index in [0.29, 0.717) is 5.69 Å². The Morgan fingerprint density at radius 1 is 0.885 bits per heavy atom. The van der Waals surface area contributed by atoms with Crippen LogP contribution in [0.15, 0.2) is 71.6 Å². The van der Waals surface area contributed by atoms with Gasteiger partial charge in [-0.1, -0.05) is 37.3 Å². The summed E-state index contributed by atoms with van der Waals surface area (Å²) in [5.74, 6) is -0.112. The molecule has 0 atom stereocenters. The summed E-state index contributed by atoms with van der Waals surface area (Å²) in [6, 6.07) is 20.1. The number of fused-ring (bicyclic) bond motifs is 1. The third-order valence-corrected chi connectivity index (χ3v) is 5.83. The average Bonchev–Trinajstić information content (AvgIpc) is 2.66. The molecule has 0 aliphatic rings. The Morgan fingerprint density at radius 2 is 1.54 bits per heavy atom. The Hall–Kier alpha value is -2.86. The molecule has 0 fully saturated rings. The normalized spacial score (nSPS) is 11.3. The molecule has 1 amide bonds. The van der Waals surface area contributed by atoms with Crippen LogP contribution < -0.4 is 10.6 Å². The first-order chi connectivity index (χ1) is 12.5. The molecule has 0 aliphatic heterocycles. The molecule has 0 aromatic heterocycles. The number of benzene rings is 3. The zero-order chi connectivity index (χ0) is 18.6. The SMILES string of the molecule is CCS(=O)(=O)c1ccc(NCC(=O)Nc2ccc3ccccc3c2)cc1. The summed E-state index contributed by atoms with van der Waals surface area (Å²) in [4.78, 5) is 12.4. The van der Waals surface area contributed by atoms with Gasteiger partial charge < -0.3 is 10.6 Å². The fourth-order valence-electron chi connectivity index (χ4n) is 2.60. The van der Waals surface area contributed by atoms with Crippen LogP contribution in [0.3, 0.4) is 0 Å². The highest BCUT2D eigenvalue weighted by Crippen LogP contribution is 2.19. The number of carbonyl (C=O) groups excluding carboxylic acids is 1. The molecule has 0 radical (unpaired) electrons. The second kappa shape index (κ2) is 7.58. The Kier molecular flexibility index (Phi) is 5.23. The van der Waals surface area contributed by atoms with Gasteiger partial charge >= 0.3 is 0 Å². The van der Waals surface area contributed by atoms with Crippen molar-refractivity contribution in [1.29, 1.82) is 0 Å². The van der Waals surface area contributed by atoms with Crippen molar-refractivity contribution in [3.05, 3.63) is 66.7 Å². The van der Waals surface area contributed by atoms with Crippen LogP contribution in [0, 0.1) is 0 Å². The van der Waals surface area contributed by atoms with Crippen molar-refractivity contribution in [1.82, 2.24) is 0 Å². The predicted octanol–water partition coefficient (Wildman–Crippen LogP) is 3.68. The van der Waals surface area contributed by atoms with Crippen molar-refractivity contribution in [3.8, 4) is 0 Å². The van der Waals surface area contributed by atoms with Gasteiger partial charge in [0, 0.05) is 11.4 Å². The molecule has 3 aromatic rings. The van der Waals surface area contributed by atoms with Gasteiger partial charge in [0.25, 0.3) is 0 Å². The topological polar surface area (TPSA) is 75.3 Å². The Bertz CT molecular complexity index is 1030. The van der Waals surface area contributed by atoms with Crippen LogP contribution in [-0.4, -0.2) is 26.6 Å². The Labute approximate surface area is 153 Å². The highest BCUT2D eigenvalue weighted by molar-refractivity contribution is 7.91. The van der Waals surface area contributed by atoms with Crippen molar-refractivity contribution < 1.29 is 13.2 Å². The largest absolute Gasteiger partial charge is 0.376 e. The molecule has 134 valence electrons. The summed E-state index contributed by atoms with van der Waals surface area (Å²) in [5, 5.41) is 8.02. The first kappa shape index (κ1) is 17.9. The van der Waals surface area contributed by atoms with Crippen molar-refractivity contribution in [2.45, 2.75) is 11.8 Å². The third kappa shape index (κ3) is 4.21. The summed E-state index contributed by atoms with van der Waals surface area (Å²) in [5.41, 5.74) is 1.42. The lowest BCUT2D eigenvalue weighted by Gasteiger charge is -2.09. The monoisotopic (exact) mass is 368 g/mol. The summed E-state index contributed by atoms with van der Waals surface area (Å²) >= 11 is 0. The lowest BCUT2D eigenvalue weighted by Crippen LogP contribution is -2.21. The molecule has 0 bridgehead atoms. The first-order valence-corrected chi connectivity index (χ1v) is 9.98. The van der Waals surface area contributed by atoms with Crippen LogP contribution in [0.1, 0.15) is 6.92 Å². The second-order valence-corrected chi connectivity index (χ2v) is 8.17. The standard InChI is InChI=1S/C20H20N2O3S/c1-2-26(24,25)19-11-9-17(10-12-19)21-14-20(23)22-18-8-7-15-5-3-4-6-16(15)13-18/h3-13,21H,2,14H2,1H3,(H,22,23). The lowest BCUT2D eigenvalue weighted by molar-refractivity contribution is -0.114. The number of hydrogen-bond donors (Lipinski definition) is 2. The van der Waals surface area contributed by atoms with E-state index in [1.54, 1.807) is 31.2 Å². The first-order valence-electron chi connectivity index (χ1n) is 8.33. The van der Waals surface area contributed by atoms with Crippen LogP contribution in [0.5, 0.6) is 0 Å². The summed E-state index contributed by atoms with van der Waals surface area (Å²) in [6.07, 6.45) is 0. The lowest BCUT2D eigenvalue weighted by atomic mass is 10.1. The van der Waals surface area contributed by atoms with Gasteiger partial charge in [-0.15, -0.1) is 0 Å². The molecule has 0 aliphatic carbocycles. The molecule has 3 aromatic carbocycles. The number of rotatable bonds is 6. The number of anilines is 2. The molecule has 0 spiro atoms. The predicted molar refractivity (Wildman–Crippen MR) is 105 cm³/mol. The molecule has 26 heavy (non-hydrogen) atoms. The van der Waals surface area contributed by atoms with Crippen molar-refractivity contribution in [2.75, 3.05) is 22.9 Å². The van der Waals surface area contributed by atoms with Crippen molar-refractivity contribution in [3.63, 3.8) is 0 Å². The molecule has 5 nitrogen and oxygen atoms in total. The van der Waals surface area contributed by atoms with Crippen LogP contribution in [0.2, 0.25) is 0 Å². The highest BCUT2D eigenvalue weighted by Gasteiger charge is 2.11. The third-order valence-electron chi connectivity index (χ3n) is 4.08. The van der Waals surface area contributed by atoms with Gasteiger partial charge in [0.1, 0.15) is 0 Å². The van der Waals surface area contributed by atoms with E-state index in [1.807, 2.05) is 42.5 Å². The maximum absolute atomic E-state index is 12.1. The maximum Gasteiger partial charge on any atom is 0.243 e. The van der Waals surface area contributed by atoms with Gasteiger partial charge in [-0.2, -0.15) is 0 Å². The van der Waals surface area contributed by atoms with E-state index in [0.717, 1.165) is 16.5 Å². The summed E-state index contributed by atoms with van der Waals surface area (Å²) < 4.78 is 23.6. The van der Waals surface area contributed by atoms with Crippen molar-refractivity contribution >= 4 is 37.9 Å². The van der Waals surface area contributed by atoms with Gasteiger partial charge in [0.15, 0.2) is 9.84 Å². The number of sulfone groups is 1. The van der Waals surface area contributed by atoms with Crippen molar-refractivity contribution in [2.24, 2.45) is 0 Å². The smallest absolute Gasteiger partial charge is 0.243 e. The number of hydrogen-bond acceptors (Lipinski definition) is 4. The minimum atomic E-state index is -3.21. The van der Waals surface area contributed by atoms with E-state index < -0.39 is 9.84 Å². The molecule has 0 unspecified atom stereocenters. The summed E-state index contributed by atoms with van der Waals surface area (Å²) in [7, 11) is -3.21. The van der Waals surface area contributed by atoms with E-state index >= 15 is 0 Å². The van der Waals surface area contributed by atoms with Gasteiger partial charge in [0.05, 0.1) is 17.2 Å². The van der Waals surface area contributed by atoms with Gasteiger partial charge in [-0.3, -0.25) is 4.79 Å². The van der Waals surface area contributed by atoms with Crippen LogP contribution >= 0.6 is 0 Å². The minimum Gasteiger partial charge on any atom is -0.376 e. The van der Waals surface area contributed by atoms with Crippen LogP contribution in [0.4, 0.5) is 11.4 Å². The van der Waals surface area contributed by atoms with Crippen LogP contribution in [0.25, 0.3) is 10.8 Å². The highest BCUT2D eigenvalue weighted by atomic mass is 32.2. The van der Waals surface area contributed by atoms with E-state index in [2.05, 4.69) is 10.6 Å². The molecule has 2 N–H and O–H groups in total. The van der Waals surface area contributed by atoms with E-state index in [4.69, 9.17) is 0 Å². The number of amides is 1. The maximum atomic E-state index is 12.1. The second-order valence-electron chi connectivity index (χ2n) is 5.89. The quantitative estimate of drug-likeness (QED) is 0.696. The van der Waals surface area contributed by atoms with Gasteiger partial charge in [-0.05, 0) is 47.2 Å². The molecule has 0 saturated carbocycles. The van der Waals surface area contributed by atoms with Gasteiger partial charge in [0.2, 0.25) is 5.91 Å². The minimum absolute atomic E-state index is 0.0634. The fourth-order valence-corrected chi connectivity index (χ4v) is 3.49. The summed E-state index contributed by atoms with van der Waals surface area (Å²) in [6.45, 7) is 1.70. The molecule has 6 heteroatoms. The number of nitrogens with one attached hydrogen (secondary N) is 2. The van der Waals surface area contributed by atoms with E-state index in [9.17, 15) is 13.2 Å². The van der Waals surface area contributed by atoms with Crippen LogP contribution in [-0.2, 0) is 14.6 Å². The molecular weight excluding hydrogens is 348 g/mol. The van der Waals surface area contributed by atoms with E-state index in [-0.39, 0.29) is 23.1 Å². The zero-order valence-corrected chi connectivity index (χ0v) is 15.2. The molecular formula is C20H20N2O3S. The zero-order valence-electron chi connectivity index (χ0n) is 14.4.